The number of carbonyl (C=O) groups is 1. The lowest BCUT2D eigenvalue weighted by Gasteiger charge is -2.26. The highest BCUT2D eigenvalue weighted by atomic mass is 16.3. The third-order valence-electron chi connectivity index (χ3n) is 3.04. The summed E-state index contributed by atoms with van der Waals surface area (Å²) in [5.41, 5.74) is 0.145. The number of nitrogens with zero attached hydrogens (tertiary/aromatic N) is 2. The van der Waals surface area contributed by atoms with Gasteiger partial charge in [0.25, 0.3) is 5.91 Å². The first-order valence-corrected chi connectivity index (χ1v) is 6.18. The Balaban J connectivity index is 2.15. The first kappa shape index (κ1) is 12.4. The van der Waals surface area contributed by atoms with Gasteiger partial charge in [-0.3, -0.25) is 4.79 Å². The standard InChI is InChI=1S/C14H16N2O2/c1-11-5-6-13(18-11)9-12(10-15)14(17)16-7-3-2-4-8-16/h5-6,9H,2-4,7-8H2,1H3. The summed E-state index contributed by atoms with van der Waals surface area (Å²) in [4.78, 5) is 13.9. The summed E-state index contributed by atoms with van der Waals surface area (Å²) in [6, 6.07) is 5.54. The molecule has 0 aliphatic carbocycles. The van der Waals surface area contributed by atoms with Crippen LogP contribution in [0, 0.1) is 18.3 Å². The van der Waals surface area contributed by atoms with Gasteiger partial charge < -0.3 is 9.32 Å². The number of hydrogen-bond donors (Lipinski definition) is 0. The maximum atomic E-state index is 12.1. The number of hydrogen-bond acceptors (Lipinski definition) is 3. The number of amides is 1. The van der Waals surface area contributed by atoms with Gasteiger partial charge in [0.2, 0.25) is 0 Å². The zero-order chi connectivity index (χ0) is 13.0. The predicted molar refractivity (Wildman–Crippen MR) is 67.5 cm³/mol. The van der Waals surface area contributed by atoms with Gasteiger partial charge >= 0.3 is 0 Å². The lowest BCUT2D eigenvalue weighted by atomic mass is 10.1. The molecule has 4 heteroatoms. The maximum absolute atomic E-state index is 12.1. The number of rotatable bonds is 2. The molecule has 2 rings (SSSR count). The van der Waals surface area contributed by atoms with E-state index in [1.807, 2.05) is 19.1 Å². The Hall–Kier alpha value is -2.02. The normalized spacial score (nSPS) is 16.4. The molecule has 0 unspecified atom stereocenters. The van der Waals surface area contributed by atoms with Crippen molar-refractivity contribution in [3.63, 3.8) is 0 Å². The van der Waals surface area contributed by atoms with E-state index in [9.17, 15) is 4.79 Å². The summed E-state index contributed by atoms with van der Waals surface area (Å²) >= 11 is 0. The largest absolute Gasteiger partial charge is 0.462 e. The van der Waals surface area contributed by atoms with Gasteiger partial charge in [-0.2, -0.15) is 5.26 Å². The second-order valence-corrected chi connectivity index (χ2v) is 4.47. The SMILES string of the molecule is Cc1ccc(C=C(C#N)C(=O)N2CCCCC2)o1. The van der Waals surface area contributed by atoms with Gasteiger partial charge in [-0.25, -0.2) is 0 Å². The number of furan rings is 1. The third kappa shape index (κ3) is 2.80. The highest BCUT2D eigenvalue weighted by Crippen LogP contribution is 2.15. The summed E-state index contributed by atoms with van der Waals surface area (Å²) in [5.74, 6) is 1.13. The van der Waals surface area contributed by atoms with E-state index in [0.717, 1.165) is 38.1 Å². The molecule has 0 N–H and O–H groups in total. The summed E-state index contributed by atoms with van der Waals surface area (Å²) in [5, 5.41) is 9.09. The fourth-order valence-electron chi connectivity index (χ4n) is 2.08. The molecule has 0 radical (unpaired) electrons. The second kappa shape index (κ2) is 5.54. The third-order valence-corrected chi connectivity index (χ3v) is 3.04. The summed E-state index contributed by atoms with van der Waals surface area (Å²) in [7, 11) is 0. The minimum Gasteiger partial charge on any atom is -0.462 e. The first-order chi connectivity index (χ1) is 8.70. The van der Waals surface area contributed by atoms with Crippen molar-refractivity contribution in [3.05, 3.63) is 29.2 Å². The molecule has 0 spiro atoms. The molecule has 4 nitrogen and oxygen atoms in total. The van der Waals surface area contributed by atoms with Crippen molar-refractivity contribution in [3.8, 4) is 6.07 Å². The van der Waals surface area contributed by atoms with Gasteiger partial charge in [0.15, 0.2) is 0 Å². The molecule has 1 fully saturated rings. The molecular formula is C14H16N2O2. The topological polar surface area (TPSA) is 57.2 Å². The average Bonchev–Trinajstić information content (AvgIpc) is 2.82. The van der Waals surface area contributed by atoms with Crippen molar-refractivity contribution in [1.82, 2.24) is 4.90 Å². The number of likely N-dealkylation sites (tertiary alicyclic amines) is 1. The number of nitriles is 1. The van der Waals surface area contributed by atoms with Crippen LogP contribution in [0.3, 0.4) is 0 Å². The first-order valence-electron chi connectivity index (χ1n) is 6.18. The van der Waals surface area contributed by atoms with Crippen molar-refractivity contribution in [1.29, 1.82) is 5.26 Å². The highest BCUT2D eigenvalue weighted by molar-refractivity contribution is 6.01. The molecule has 2 heterocycles. The molecule has 1 aromatic heterocycles. The molecule has 1 aromatic rings. The summed E-state index contributed by atoms with van der Waals surface area (Å²) < 4.78 is 5.36. The van der Waals surface area contributed by atoms with Gasteiger partial charge in [0.1, 0.15) is 23.2 Å². The zero-order valence-corrected chi connectivity index (χ0v) is 10.5. The molecule has 0 atom stereocenters. The minimum absolute atomic E-state index is 0.145. The van der Waals surface area contributed by atoms with Crippen LogP contribution in [0.25, 0.3) is 6.08 Å². The van der Waals surface area contributed by atoms with Crippen molar-refractivity contribution < 1.29 is 9.21 Å². The quantitative estimate of drug-likeness (QED) is 0.593. The van der Waals surface area contributed by atoms with Gasteiger partial charge in [-0.05, 0) is 38.3 Å². The molecule has 1 aliphatic rings. The van der Waals surface area contributed by atoms with Crippen LogP contribution < -0.4 is 0 Å². The summed E-state index contributed by atoms with van der Waals surface area (Å²) in [6.45, 7) is 3.32. The molecule has 0 bridgehead atoms. The molecule has 1 amide bonds. The molecule has 18 heavy (non-hydrogen) atoms. The lowest BCUT2D eigenvalue weighted by Crippen LogP contribution is -2.36. The van der Waals surface area contributed by atoms with Crippen LogP contribution in [0.1, 0.15) is 30.8 Å². The van der Waals surface area contributed by atoms with Gasteiger partial charge in [0, 0.05) is 19.2 Å². The lowest BCUT2D eigenvalue weighted by molar-refractivity contribution is -0.127. The molecular weight excluding hydrogens is 228 g/mol. The van der Waals surface area contributed by atoms with Crippen LogP contribution in [-0.4, -0.2) is 23.9 Å². The van der Waals surface area contributed by atoms with Crippen LogP contribution >= 0.6 is 0 Å². The predicted octanol–water partition coefficient (Wildman–Crippen LogP) is 2.51. The Morgan fingerprint density at radius 2 is 2.11 bits per heavy atom. The maximum Gasteiger partial charge on any atom is 0.264 e. The van der Waals surface area contributed by atoms with Crippen molar-refractivity contribution >= 4 is 12.0 Å². The van der Waals surface area contributed by atoms with E-state index < -0.39 is 0 Å². The minimum atomic E-state index is -0.189. The molecule has 94 valence electrons. The van der Waals surface area contributed by atoms with E-state index in [0.29, 0.717) is 5.76 Å². The van der Waals surface area contributed by atoms with E-state index >= 15 is 0 Å². The fourth-order valence-corrected chi connectivity index (χ4v) is 2.08. The van der Waals surface area contributed by atoms with Crippen LogP contribution in [0.2, 0.25) is 0 Å². The average molecular weight is 244 g/mol. The van der Waals surface area contributed by atoms with E-state index in [1.54, 1.807) is 11.0 Å². The van der Waals surface area contributed by atoms with Crippen molar-refractivity contribution in [2.75, 3.05) is 13.1 Å². The van der Waals surface area contributed by atoms with Crippen molar-refractivity contribution in [2.45, 2.75) is 26.2 Å². The van der Waals surface area contributed by atoms with Gasteiger partial charge in [-0.1, -0.05) is 0 Å². The molecule has 1 aliphatic heterocycles. The van der Waals surface area contributed by atoms with E-state index in [1.165, 1.54) is 6.08 Å². The Morgan fingerprint density at radius 3 is 2.67 bits per heavy atom. The van der Waals surface area contributed by atoms with E-state index in [2.05, 4.69) is 0 Å². The van der Waals surface area contributed by atoms with E-state index in [-0.39, 0.29) is 11.5 Å². The smallest absolute Gasteiger partial charge is 0.264 e. The second-order valence-electron chi connectivity index (χ2n) is 4.47. The van der Waals surface area contributed by atoms with Crippen LogP contribution in [0.4, 0.5) is 0 Å². The molecule has 0 saturated carbocycles. The Bertz CT molecular complexity index is 502. The van der Waals surface area contributed by atoms with E-state index in [4.69, 9.17) is 9.68 Å². The van der Waals surface area contributed by atoms with Crippen LogP contribution in [0.5, 0.6) is 0 Å². The summed E-state index contributed by atoms with van der Waals surface area (Å²) in [6.07, 6.45) is 4.71. The number of aryl methyl sites for hydroxylation is 1. The van der Waals surface area contributed by atoms with Crippen molar-refractivity contribution in [2.24, 2.45) is 0 Å². The Kier molecular flexibility index (Phi) is 3.83. The number of carbonyl (C=O) groups excluding carboxylic acids is 1. The Morgan fingerprint density at radius 1 is 1.39 bits per heavy atom. The van der Waals surface area contributed by atoms with Crippen LogP contribution in [0.15, 0.2) is 22.1 Å². The number of piperidine rings is 1. The fraction of sp³-hybridized carbons (Fsp3) is 0.429. The van der Waals surface area contributed by atoms with Crippen LogP contribution in [-0.2, 0) is 4.79 Å². The van der Waals surface area contributed by atoms with Gasteiger partial charge in [-0.15, -0.1) is 0 Å². The monoisotopic (exact) mass is 244 g/mol. The molecule has 0 aromatic carbocycles. The zero-order valence-electron chi connectivity index (χ0n) is 10.5. The Labute approximate surface area is 106 Å². The van der Waals surface area contributed by atoms with Gasteiger partial charge in [0.05, 0.1) is 0 Å². The highest BCUT2D eigenvalue weighted by Gasteiger charge is 2.20. The molecule has 1 saturated heterocycles.